The van der Waals surface area contributed by atoms with Crippen molar-refractivity contribution in [2.45, 2.75) is 50.5 Å². The molecule has 2 N–H and O–H groups in total. The van der Waals surface area contributed by atoms with E-state index in [0.29, 0.717) is 45.1 Å². The minimum atomic E-state index is 0.0809. The molecule has 0 saturated carbocycles. The molecule has 2 atom stereocenters. The molecular formula is C40H44Cl4N4O2. The molecule has 4 aromatic rings. The van der Waals surface area contributed by atoms with Gasteiger partial charge in [0.2, 0.25) is 5.91 Å². The summed E-state index contributed by atoms with van der Waals surface area (Å²) in [5.41, 5.74) is 7.15. The molecule has 1 saturated heterocycles. The highest BCUT2D eigenvalue weighted by Crippen LogP contribution is 2.42. The number of carbonyl (C=O) groups is 1. The van der Waals surface area contributed by atoms with Crippen molar-refractivity contribution in [1.82, 2.24) is 10.2 Å². The number of nitrogens with zero attached hydrogens (tertiary/aromatic N) is 2. The molecule has 50 heavy (non-hydrogen) atoms. The van der Waals surface area contributed by atoms with E-state index in [1.165, 1.54) is 22.3 Å². The molecule has 1 fully saturated rings. The zero-order chi connectivity index (χ0) is 35.0. The van der Waals surface area contributed by atoms with Crippen molar-refractivity contribution in [3.63, 3.8) is 0 Å². The van der Waals surface area contributed by atoms with Gasteiger partial charge in [0.05, 0.1) is 32.4 Å². The number of carbonyl (C=O) groups excluding carboxylic acids is 1. The minimum absolute atomic E-state index is 0.0809. The Balaban J connectivity index is 0.000000187. The monoisotopic (exact) mass is 752 g/mol. The summed E-state index contributed by atoms with van der Waals surface area (Å²) < 4.78 is 5.89. The average Bonchev–Trinajstić information content (AvgIpc) is 3.14. The molecule has 2 heterocycles. The Hall–Kier alpha value is -2.97. The largest absolute Gasteiger partial charge is 0.494 e. The van der Waals surface area contributed by atoms with Crippen molar-refractivity contribution in [1.29, 1.82) is 0 Å². The topological polar surface area (TPSA) is 56.8 Å². The highest BCUT2D eigenvalue weighted by molar-refractivity contribution is 6.43. The Morgan fingerprint density at radius 2 is 1.60 bits per heavy atom. The zero-order valence-corrected chi connectivity index (χ0v) is 31.4. The van der Waals surface area contributed by atoms with Gasteiger partial charge < -0.3 is 20.3 Å². The van der Waals surface area contributed by atoms with E-state index in [0.717, 1.165) is 82.0 Å². The fourth-order valence-corrected chi connectivity index (χ4v) is 7.90. The van der Waals surface area contributed by atoms with Gasteiger partial charge in [-0.25, -0.2) is 0 Å². The van der Waals surface area contributed by atoms with Gasteiger partial charge in [0, 0.05) is 56.3 Å². The number of rotatable bonds is 9. The number of amides is 1. The van der Waals surface area contributed by atoms with Crippen LogP contribution in [0.15, 0.2) is 78.9 Å². The number of benzene rings is 4. The quantitative estimate of drug-likeness (QED) is 0.167. The molecule has 0 spiro atoms. The Morgan fingerprint density at radius 1 is 0.800 bits per heavy atom. The molecule has 6 nitrogen and oxygen atoms in total. The number of fused-ring (bicyclic) bond motifs is 2. The lowest BCUT2D eigenvalue weighted by Gasteiger charge is -2.36. The summed E-state index contributed by atoms with van der Waals surface area (Å²) in [6.45, 7) is 5.71. The van der Waals surface area contributed by atoms with Gasteiger partial charge >= 0.3 is 0 Å². The second-order valence-electron chi connectivity index (χ2n) is 13.1. The van der Waals surface area contributed by atoms with Gasteiger partial charge in [0.1, 0.15) is 5.75 Å². The summed E-state index contributed by atoms with van der Waals surface area (Å²) in [6, 6.07) is 26.9. The maximum absolute atomic E-state index is 11.5. The maximum Gasteiger partial charge on any atom is 0.224 e. The van der Waals surface area contributed by atoms with Crippen LogP contribution in [0.1, 0.15) is 66.3 Å². The number of aryl methyl sites for hydroxylation is 1. The summed E-state index contributed by atoms with van der Waals surface area (Å²) >= 11 is 24.7. The molecule has 264 valence electrons. The second-order valence-corrected chi connectivity index (χ2v) is 14.7. The van der Waals surface area contributed by atoms with Crippen molar-refractivity contribution in [3.05, 3.63) is 121 Å². The van der Waals surface area contributed by atoms with E-state index in [1.54, 1.807) is 0 Å². The molecule has 10 heteroatoms. The molecular weight excluding hydrogens is 710 g/mol. The summed E-state index contributed by atoms with van der Waals surface area (Å²) in [7, 11) is 2.03. The van der Waals surface area contributed by atoms with Gasteiger partial charge in [-0.2, -0.15) is 0 Å². The third kappa shape index (κ3) is 9.08. The van der Waals surface area contributed by atoms with Crippen LogP contribution in [0.5, 0.6) is 5.75 Å². The molecule has 7 rings (SSSR count). The molecule has 4 aromatic carbocycles. The number of anilines is 2. The van der Waals surface area contributed by atoms with Crippen LogP contribution in [-0.2, 0) is 11.2 Å². The van der Waals surface area contributed by atoms with Gasteiger partial charge in [-0.1, -0.05) is 88.9 Å². The van der Waals surface area contributed by atoms with Gasteiger partial charge in [-0.3, -0.25) is 9.69 Å². The average molecular weight is 755 g/mol. The molecule has 2 aliphatic heterocycles. The van der Waals surface area contributed by atoms with Crippen molar-refractivity contribution < 1.29 is 9.53 Å². The SMILES string of the molecule is CN[C@H]1CC[C@@H](c2ccc(Cl)c(Cl)c2)c2ccccc21.O=C1CCc2ccc(OCCCCN3CCN(c4cccc(Cl)c4Cl)CC3)cc2N1. The number of nitrogens with one attached hydrogen (secondary N) is 2. The lowest BCUT2D eigenvalue weighted by atomic mass is 9.77. The number of piperazine rings is 1. The number of unbranched alkanes of at least 4 members (excludes halogenated alkanes) is 1. The van der Waals surface area contributed by atoms with E-state index in [1.807, 2.05) is 49.5 Å². The van der Waals surface area contributed by atoms with Gasteiger partial charge in [0.15, 0.2) is 0 Å². The van der Waals surface area contributed by atoms with Crippen LogP contribution < -0.4 is 20.3 Å². The molecule has 1 aliphatic carbocycles. The summed E-state index contributed by atoms with van der Waals surface area (Å²) in [5.74, 6) is 1.31. The molecule has 0 bridgehead atoms. The lowest BCUT2D eigenvalue weighted by molar-refractivity contribution is -0.116. The van der Waals surface area contributed by atoms with Crippen LogP contribution >= 0.6 is 46.4 Å². The molecule has 0 unspecified atom stereocenters. The predicted octanol–water partition coefficient (Wildman–Crippen LogP) is 10.0. The van der Waals surface area contributed by atoms with Crippen LogP contribution in [0.2, 0.25) is 20.1 Å². The number of hydrogen-bond donors (Lipinski definition) is 2. The fraction of sp³-hybridized carbons (Fsp3) is 0.375. The van der Waals surface area contributed by atoms with E-state index in [-0.39, 0.29) is 5.91 Å². The Kier molecular flexibility index (Phi) is 12.9. The summed E-state index contributed by atoms with van der Waals surface area (Å²) in [4.78, 5) is 16.3. The van der Waals surface area contributed by atoms with Crippen molar-refractivity contribution >= 4 is 63.7 Å². The first kappa shape index (κ1) is 36.8. The Morgan fingerprint density at radius 3 is 2.38 bits per heavy atom. The highest BCUT2D eigenvalue weighted by atomic mass is 35.5. The zero-order valence-electron chi connectivity index (χ0n) is 28.4. The van der Waals surface area contributed by atoms with E-state index in [4.69, 9.17) is 51.1 Å². The summed E-state index contributed by atoms with van der Waals surface area (Å²) in [5, 5.41) is 8.84. The van der Waals surface area contributed by atoms with Crippen molar-refractivity contribution in [3.8, 4) is 5.75 Å². The van der Waals surface area contributed by atoms with Crippen LogP contribution in [0, 0.1) is 0 Å². The maximum atomic E-state index is 11.5. The first-order valence-corrected chi connectivity index (χ1v) is 19.0. The predicted molar refractivity (Wildman–Crippen MR) is 209 cm³/mol. The molecule has 0 aromatic heterocycles. The van der Waals surface area contributed by atoms with Crippen LogP contribution in [-0.4, -0.2) is 57.2 Å². The van der Waals surface area contributed by atoms with Crippen molar-refractivity contribution in [2.75, 3.05) is 56.6 Å². The Labute approximate surface area is 316 Å². The first-order chi connectivity index (χ1) is 24.3. The number of ether oxygens (including phenoxy) is 1. The van der Waals surface area contributed by atoms with E-state index < -0.39 is 0 Å². The van der Waals surface area contributed by atoms with Crippen LogP contribution in [0.25, 0.3) is 0 Å². The van der Waals surface area contributed by atoms with Crippen molar-refractivity contribution in [2.24, 2.45) is 0 Å². The summed E-state index contributed by atoms with van der Waals surface area (Å²) in [6.07, 6.45) is 5.73. The smallest absolute Gasteiger partial charge is 0.224 e. The second kappa shape index (κ2) is 17.5. The van der Waals surface area contributed by atoms with E-state index in [9.17, 15) is 4.79 Å². The normalized spacial score (nSPS) is 18.7. The van der Waals surface area contributed by atoms with E-state index >= 15 is 0 Å². The lowest BCUT2D eigenvalue weighted by Crippen LogP contribution is -2.46. The fourth-order valence-electron chi connectivity index (χ4n) is 7.18. The highest BCUT2D eigenvalue weighted by Gasteiger charge is 2.27. The molecule has 3 aliphatic rings. The number of hydrogen-bond acceptors (Lipinski definition) is 5. The Bertz CT molecular complexity index is 1780. The first-order valence-electron chi connectivity index (χ1n) is 17.5. The standard InChI is InChI=1S/C23H27Cl2N3O2.C17H17Cl2N/c24-19-4-3-5-21(23(19)25)28-13-11-27(12-14-28)10-1-2-15-30-18-8-6-17-7-9-22(29)26-20(17)16-18;1-20-17-9-7-12(13-4-2-3-5-14(13)17)11-6-8-15(18)16(19)10-11/h3-6,8,16H,1-2,7,9-15H2,(H,26,29);2-6,8,10,12,17,20H,7,9H2,1H3/t;12-,17-/m.0/s1. The minimum Gasteiger partial charge on any atom is -0.494 e. The molecule has 1 amide bonds. The van der Waals surface area contributed by atoms with Gasteiger partial charge in [-0.15, -0.1) is 0 Å². The third-order valence-corrected chi connectivity index (χ3v) is 11.5. The van der Waals surface area contributed by atoms with Gasteiger partial charge in [-0.05, 0) is 98.3 Å². The van der Waals surface area contributed by atoms with Crippen LogP contribution in [0.3, 0.4) is 0 Å². The molecule has 0 radical (unpaired) electrons. The van der Waals surface area contributed by atoms with Gasteiger partial charge in [0.25, 0.3) is 0 Å². The number of halogens is 4. The van der Waals surface area contributed by atoms with E-state index in [2.05, 4.69) is 56.8 Å². The van der Waals surface area contributed by atoms with Crippen LogP contribution in [0.4, 0.5) is 11.4 Å². The third-order valence-electron chi connectivity index (χ3n) is 9.94.